The number of benzene rings is 3. The molecule has 0 saturated heterocycles. The molecule has 4 rings (SSSR count). The first-order valence-electron chi connectivity index (χ1n) is 10.1. The van der Waals surface area contributed by atoms with Crippen LogP contribution in [0.15, 0.2) is 60.7 Å². The van der Waals surface area contributed by atoms with Crippen molar-refractivity contribution in [3.8, 4) is 22.6 Å². The summed E-state index contributed by atoms with van der Waals surface area (Å²) in [6.45, 7) is 0.401. The first-order valence-corrected chi connectivity index (χ1v) is 10.1. The number of carbonyl (C=O) groups excluding carboxylic acids is 1. The lowest BCUT2D eigenvalue weighted by Crippen LogP contribution is -2.27. The molecule has 1 aliphatic heterocycles. The summed E-state index contributed by atoms with van der Waals surface area (Å²) >= 11 is 0. The molecule has 0 aliphatic carbocycles. The molecule has 7 heteroatoms. The van der Waals surface area contributed by atoms with Gasteiger partial charge < -0.3 is 24.5 Å². The third-order valence-corrected chi connectivity index (χ3v) is 5.34. The van der Waals surface area contributed by atoms with Gasteiger partial charge in [-0.25, -0.2) is 0 Å². The molecule has 0 aromatic heterocycles. The Hall–Kier alpha value is -3.29. The van der Waals surface area contributed by atoms with E-state index in [1.54, 1.807) is 14.2 Å². The number of rotatable bonds is 7. The van der Waals surface area contributed by atoms with Crippen molar-refractivity contribution in [1.82, 2.24) is 0 Å². The van der Waals surface area contributed by atoms with Crippen molar-refractivity contribution in [2.75, 3.05) is 19.5 Å². The maximum absolute atomic E-state index is 12.5. The van der Waals surface area contributed by atoms with E-state index in [0.29, 0.717) is 30.9 Å². The zero-order chi connectivity index (χ0) is 21.8. The lowest BCUT2D eigenvalue weighted by molar-refractivity contribution is -0.116. The van der Waals surface area contributed by atoms with Gasteiger partial charge in [-0.3, -0.25) is 4.79 Å². The van der Waals surface area contributed by atoms with E-state index in [-0.39, 0.29) is 5.91 Å². The number of anilines is 1. The maximum atomic E-state index is 12.5. The molecule has 0 fully saturated rings. The Morgan fingerprint density at radius 3 is 2.55 bits per heavy atom. The third kappa shape index (κ3) is 4.90. The molecule has 0 saturated carbocycles. The molecule has 2 N–H and O–H groups in total. The average Bonchev–Trinajstić information content (AvgIpc) is 3.17. The third-order valence-electron chi connectivity index (χ3n) is 5.34. The number of amides is 1. The molecule has 0 bridgehead atoms. The van der Waals surface area contributed by atoms with Crippen molar-refractivity contribution < 1.29 is 23.9 Å². The fraction of sp³-hybridized carbons (Fsp3) is 0.208. The van der Waals surface area contributed by atoms with E-state index in [9.17, 15) is 9.82 Å². The summed E-state index contributed by atoms with van der Waals surface area (Å²) in [5.74, 6) is 1.35. The van der Waals surface area contributed by atoms with Crippen molar-refractivity contribution in [3.63, 3.8) is 0 Å². The molecule has 1 amide bonds. The Morgan fingerprint density at radius 1 is 1.03 bits per heavy atom. The normalized spacial score (nSPS) is 12.4. The van der Waals surface area contributed by atoms with Gasteiger partial charge >= 0.3 is 7.12 Å². The molecule has 1 aliphatic rings. The highest BCUT2D eigenvalue weighted by Gasteiger charge is 2.26. The van der Waals surface area contributed by atoms with Gasteiger partial charge in [0, 0.05) is 18.2 Å². The lowest BCUT2D eigenvalue weighted by atomic mass is 9.79. The van der Waals surface area contributed by atoms with Crippen LogP contribution in [0, 0.1) is 0 Å². The van der Waals surface area contributed by atoms with E-state index in [2.05, 4.69) is 5.32 Å². The highest BCUT2D eigenvalue weighted by molar-refractivity contribution is 6.61. The van der Waals surface area contributed by atoms with Gasteiger partial charge in [0.1, 0.15) is 11.5 Å². The largest absolute Gasteiger partial charge is 0.497 e. The van der Waals surface area contributed by atoms with Crippen molar-refractivity contribution in [2.24, 2.45) is 0 Å². The average molecular weight is 417 g/mol. The summed E-state index contributed by atoms with van der Waals surface area (Å²) in [6.07, 6.45) is 0.974. The van der Waals surface area contributed by atoms with E-state index in [1.165, 1.54) is 0 Å². The standard InChI is InChI=1S/C24H24BNO5/c1-29-21-12-18(13-22(14-21)30-2)17-4-3-5-20(11-17)26-24(27)9-7-16-6-8-23-19(10-16)15-31-25(23)28/h3-6,8,10-14,28H,7,9,15H2,1-2H3,(H,26,27). The number of carbonyl (C=O) groups is 1. The van der Waals surface area contributed by atoms with Gasteiger partial charge in [-0.1, -0.05) is 30.3 Å². The summed E-state index contributed by atoms with van der Waals surface area (Å²) in [5, 5.41) is 12.7. The second-order valence-electron chi connectivity index (χ2n) is 7.43. The number of nitrogens with one attached hydrogen (secondary N) is 1. The molecule has 3 aromatic rings. The van der Waals surface area contributed by atoms with Gasteiger partial charge in [-0.15, -0.1) is 0 Å². The second-order valence-corrected chi connectivity index (χ2v) is 7.43. The van der Waals surface area contributed by atoms with E-state index >= 15 is 0 Å². The molecule has 0 atom stereocenters. The fourth-order valence-corrected chi connectivity index (χ4v) is 3.67. The minimum Gasteiger partial charge on any atom is -0.497 e. The van der Waals surface area contributed by atoms with Crippen molar-refractivity contribution in [3.05, 3.63) is 71.8 Å². The summed E-state index contributed by atoms with van der Waals surface area (Å²) < 4.78 is 15.9. The Balaban J connectivity index is 1.41. The molecule has 158 valence electrons. The van der Waals surface area contributed by atoms with Crippen LogP contribution in [0.1, 0.15) is 17.5 Å². The first-order chi connectivity index (χ1) is 15.1. The number of hydrogen-bond donors (Lipinski definition) is 2. The first kappa shape index (κ1) is 21.0. The summed E-state index contributed by atoms with van der Waals surface area (Å²) in [5.41, 5.74) is 5.45. The summed E-state index contributed by atoms with van der Waals surface area (Å²) in [6, 6.07) is 19.2. The van der Waals surface area contributed by atoms with Gasteiger partial charge in [-0.2, -0.15) is 0 Å². The van der Waals surface area contributed by atoms with E-state index in [4.69, 9.17) is 14.1 Å². The van der Waals surface area contributed by atoms with Crippen LogP contribution in [-0.4, -0.2) is 32.3 Å². The highest BCUT2D eigenvalue weighted by atomic mass is 16.5. The summed E-state index contributed by atoms with van der Waals surface area (Å²) in [4.78, 5) is 12.5. The van der Waals surface area contributed by atoms with Crippen molar-refractivity contribution in [2.45, 2.75) is 19.4 Å². The smallest absolute Gasteiger partial charge is 0.491 e. The number of ether oxygens (including phenoxy) is 2. The zero-order valence-electron chi connectivity index (χ0n) is 17.6. The Bertz CT molecular complexity index is 1080. The topological polar surface area (TPSA) is 77.0 Å². The predicted octanol–water partition coefficient (Wildman–Crippen LogP) is 3.16. The number of fused-ring (bicyclic) bond motifs is 1. The lowest BCUT2D eigenvalue weighted by Gasteiger charge is -2.11. The molecule has 1 heterocycles. The molecule has 0 spiro atoms. The molecule has 0 radical (unpaired) electrons. The van der Waals surface area contributed by atoms with Gasteiger partial charge in [0.25, 0.3) is 0 Å². The minimum atomic E-state index is -0.843. The minimum absolute atomic E-state index is 0.0582. The molecule has 6 nitrogen and oxygen atoms in total. The zero-order valence-corrected chi connectivity index (χ0v) is 17.6. The number of methoxy groups -OCH3 is 2. The van der Waals surface area contributed by atoms with Crippen LogP contribution >= 0.6 is 0 Å². The summed E-state index contributed by atoms with van der Waals surface area (Å²) in [7, 11) is 2.39. The quantitative estimate of drug-likeness (QED) is 0.578. The van der Waals surface area contributed by atoms with Crippen LogP contribution < -0.4 is 20.3 Å². The SMILES string of the molecule is COc1cc(OC)cc(-c2cccc(NC(=O)CCc3ccc4c(c3)COB4O)c2)c1. The van der Waals surface area contributed by atoms with E-state index < -0.39 is 7.12 Å². The number of hydrogen-bond acceptors (Lipinski definition) is 5. The maximum Gasteiger partial charge on any atom is 0.491 e. The van der Waals surface area contributed by atoms with E-state index in [1.807, 2.05) is 60.7 Å². The van der Waals surface area contributed by atoms with Crippen LogP contribution in [0.25, 0.3) is 11.1 Å². The number of aryl methyl sites for hydroxylation is 1. The van der Waals surface area contributed by atoms with Crippen LogP contribution in [0.3, 0.4) is 0 Å². The van der Waals surface area contributed by atoms with Crippen LogP contribution in [0.2, 0.25) is 0 Å². The van der Waals surface area contributed by atoms with Crippen LogP contribution in [0.5, 0.6) is 11.5 Å². The van der Waals surface area contributed by atoms with Gasteiger partial charge in [0.15, 0.2) is 0 Å². The van der Waals surface area contributed by atoms with Crippen molar-refractivity contribution >= 4 is 24.2 Å². The fourth-order valence-electron chi connectivity index (χ4n) is 3.67. The van der Waals surface area contributed by atoms with E-state index in [0.717, 1.165) is 33.4 Å². The Kier molecular flexibility index (Phi) is 6.25. The molecular formula is C24H24BNO5. The van der Waals surface area contributed by atoms with Gasteiger partial charge in [0.2, 0.25) is 5.91 Å². The van der Waals surface area contributed by atoms with Crippen LogP contribution in [0.4, 0.5) is 5.69 Å². The van der Waals surface area contributed by atoms with Crippen molar-refractivity contribution in [1.29, 1.82) is 0 Å². The van der Waals surface area contributed by atoms with Crippen LogP contribution in [-0.2, 0) is 22.5 Å². The molecule has 3 aromatic carbocycles. The monoisotopic (exact) mass is 417 g/mol. The highest BCUT2D eigenvalue weighted by Crippen LogP contribution is 2.31. The Morgan fingerprint density at radius 2 is 1.81 bits per heavy atom. The Labute approximate surface area is 181 Å². The second kappa shape index (κ2) is 9.24. The predicted molar refractivity (Wildman–Crippen MR) is 121 cm³/mol. The molecular weight excluding hydrogens is 393 g/mol. The molecule has 31 heavy (non-hydrogen) atoms. The molecule has 0 unspecified atom stereocenters. The van der Waals surface area contributed by atoms with Gasteiger partial charge in [-0.05, 0) is 58.4 Å². The van der Waals surface area contributed by atoms with Gasteiger partial charge in [0.05, 0.1) is 20.8 Å².